The van der Waals surface area contributed by atoms with E-state index in [-0.39, 0.29) is 18.1 Å². The van der Waals surface area contributed by atoms with Gasteiger partial charge in [-0.05, 0) is 31.5 Å². The Morgan fingerprint density at radius 3 is 2.41 bits per heavy atom. The summed E-state index contributed by atoms with van der Waals surface area (Å²) in [5, 5.41) is 23.3. The molecule has 0 spiro atoms. The third-order valence-corrected chi connectivity index (χ3v) is 4.77. The molecule has 1 aromatic carbocycles. The van der Waals surface area contributed by atoms with Crippen molar-refractivity contribution in [2.75, 3.05) is 0 Å². The first-order valence-electron chi connectivity index (χ1n) is 8.51. The second-order valence-corrected chi connectivity index (χ2v) is 6.72. The summed E-state index contributed by atoms with van der Waals surface area (Å²) in [5.41, 5.74) is 0.456. The molecule has 9 nitrogen and oxygen atoms in total. The highest BCUT2D eigenvalue weighted by atomic mass is 16.6. The maximum atomic E-state index is 12.4. The van der Waals surface area contributed by atoms with Gasteiger partial charge < -0.3 is 9.84 Å². The lowest BCUT2D eigenvalue weighted by molar-refractivity contribution is -0.384. The molecule has 1 aliphatic rings. The largest absolute Gasteiger partial charge is 0.459 e. The van der Waals surface area contributed by atoms with Crippen LogP contribution in [-0.4, -0.2) is 45.8 Å². The molecule has 146 valence electrons. The Kier molecular flexibility index (Phi) is 6.40. The van der Waals surface area contributed by atoms with Gasteiger partial charge in [-0.2, -0.15) is 0 Å². The van der Waals surface area contributed by atoms with E-state index < -0.39 is 46.7 Å². The second kappa shape index (κ2) is 8.36. The fourth-order valence-corrected chi connectivity index (χ4v) is 3.30. The number of aliphatic hydroxyl groups is 1. The zero-order valence-corrected chi connectivity index (χ0v) is 15.2. The number of carbonyl (C=O) groups is 3. The van der Waals surface area contributed by atoms with Crippen molar-refractivity contribution in [1.29, 1.82) is 0 Å². The summed E-state index contributed by atoms with van der Waals surface area (Å²) < 4.78 is 5.14. The van der Waals surface area contributed by atoms with E-state index in [9.17, 15) is 29.6 Å². The predicted octanol–water partition coefficient (Wildman–Crippen LogP) is 0.770. The lowest BCUT2D eigenvalue weighted by Gasteiger charge is -2.26. The number of benzene rings is 1. The fraction of sp³-hybridized carbons (Fsp3) is 0.500. The Morgan fingerprint density at radius 2 is 1.93 bits per heavy atom. The highest BCUT2D eigenvalue weighted by Crippen LogP contribution is 2.26. The Labute approximate surface area is 155 Å². The number of hydrogen-bond acceptors (Lipinski definition) is 8. The van der Waals surface area contributed by atoms with Crippen LogP contribution in [0.5, 0.6) is 0 Å². The summed E-state index contributed by atoms with van der Waals surface area (Å²) in [6.45, 7) is 4.25. The normalized spacial score (nSPS) is 24.3. The van der Waals surface area contributed by atoms with E-state index in [0.717, 1.165) is 0 Å². The second-order valence-electron chi connectivity index (χ2n) is 6.72. The van der Waals surface area contributed by atoms with Crippen molar-refractivity contribution in [3.63, 3.8) is 0 Å². The molecule has 2 N–H and O–H groups in total. The van der Waals surface area contributed by atoms with Crippen LogP contribution in [0.25, 0.3) is 0 Å². The van der Waals surface area contributed by atoms with Gasteiger partial charge in [-0.3, -0.25) is 25.0 Å². The Morgan fingerprint density at radius 1 is 1.33 bits per heavy atom. The average molecular weight is 378 g/mol. The summed E-state index contributed by atoms with van der Waals surface area (Å²) in [4.78, 5) is 46.6. The van der Waals surface area contributed by atoms with Crippen molar-refractivity contribution in [1.82, 2.24) is 5.32 Å². The summed E-state index contributed by atoms with van der Waals surface area (Å²) in [5.74, 6) is -2.91. The van der Waals surface area contributed by atoms with Gasteiger partial charge in [0, 0.05) is 24.1 Å². The molecule has 27 heavy (non-hydrogen) atoms. The van der Waals surface area contributed by atoms with E-state index in [0.29, 0.717) is 5.56 Å². The molecule has 1 aliphatic heterocycles. The molecule has 1 fully saturated rings. The lowest BCUT2D eigenvalue weighted by atomic mass is 9.84. The lowest BCUT2D eigenvalue weighted by Crippen LogP contribution is -2.47. The van der Waals surface area contributed by atoms with Crippen LogP contribution in [0.4, 0.5) is 5.69 Å². The first kappa shape index (κ1) is 20.7. The van der Waals surface area contributed by atoms with Crippen molar-refractivity contribution in [2.24, 2.45) is 11.8 Å². The molecule has 1 unspecified atom stereocenters. The standard InChI is InChI=1S/C18H22N2O7/c1-9-15(14(10(2)21)11(3)22)19-16(17(9)23)18(24)27-8-12-4-6-13(7-5-12)20(25)26/h4-7,9-10,14-16,19,21H,8H2,1-3H3/t9-,10-,14+,15-,16?/m1/s1. The van der Waals surface area contributed by atoms with Gasteiger partial charge in [0.25, 0.3) is 5.69 Å². The van der Waals surface area contributed by atoms with Gasteiger partial charge in [0.2, 0.25) is 0 Å². The van der Waals surface area contributed by atoms with Crippen molar-refractivity contribution in [3.8, 4) is 0 Å². The zero-order valence-electron chi connectivity index (χ0n) is 15.2. The van der Waals surface area contributed by atoms with Crippen LogP contribution in [0.2, 0.25) is 0 Å². The number of carbonyl (C=O) groups excluding carboxylic acids is 3. The number of nitrogens with one attached hydrogen (secondary N) is 1. The van der Waals surface area contributed by atoms with Crippen molar-refractivity contribution in [2.45, 2.75) is 45.6 Å². The van der Waals surface area contributed by atoms with E-state index >= 15 is 0 Å². The van der Waals surface area contributed by atoms with E-state index in [2.05, 4.69) is 5.32 Å². The minimum absolute atomic E-state index is 0.0808. The third-order valence-electron chi connectivity index (χ3n) is 4.77. The summed E-state index contributed by atoms with van der Waals surface area (Å²) >= 11 is 0. The van der Waals surface area contributed by atoms with Crippen LogP contribution < -0.4 is 5.32 Å². The molecule has 0 bridgehead atoms. The van der Waals surface area contributed by atoms with E-state index in [4.69, 9.17) is 4.74 Å². The molecule has 9 heteroatoms. The molecule has 5 atom stereocenters. The molecule has 1 aromatic rings. The molecular formula is C18H22N2O7. The summed E-state index contributed by atoms with van der Waals surface area (Å²) in [7, 11) is 0. The van der Waals surface area contributed by atoms with Gasteiger partial charge in [-0.15, -0.1) is 0 Å². The van der Waals surface area contributed by atoms with E-state index in [1.165, 1.54) is 38.1 Å². The first-order chi connectivity index (χ1) is 12.6. The number of hydrogen-bond donors (Lipinski definition) is 2. The molecule has 0 aromatic heterocycles. The zero-order chi connectivity index (χ0) is 20.3. The molecule has 1 saturated heterocycles. The minimum Gasteiger partial charge on any atom is -0.459 e. The van der Waals surface area contributed by atoms with Crippen LogP contribution in [0.15, 0.2) is 24.3 Å². The molecular weight excluding hydrogens is 356 g/mol. The maximum absolute atomic E-state index is 12.4. The highest BCUT2D eigenvalue weighted by Gasteiger charge is 2.48. The number of rotatable bonds is 7. The van der Waals surface area contributed by atoms with Crippen LogP contribution >= 0.6 is 0 Å². The highest BCUT2D eigenvalue weighted by molar-refractivity contribution is 6.06. The molecule has 2 rings (SSSR count). The van der Waals surface area contributed by atoms with Gasteiger partial charge in [0.05, 0.1) is 16.9 Å². The number of ether oxygens (including phenoxy) is 1. The SMILES string of the molecule is CC(=O)[C@@H]([C@@H]1NC(C(=O)OCc2ccc([N+](=O)[O-])cc2)C(=O)[C@@H]1C)[C@@H](C)O. The van der Waals surface area contributed by atoms with Gasteiger partial charge in [-0.25, -0.2) is 4.79 Å². The monoisotopic (exact) mass is 378 g/mol. The molecule has 0 saturated carbocycles. The fourth-order valence-electron chi connectivity index (χ4n) is 3.30. The Hall–Kier alpha value is -2.65. The Balaban J connectivity index is 2.02. The van der Waals surface area contributed by atoms with Crippen molar-refractivity contribution in [3.05, 3.63) is 39.9 Å². The number of nitrogens with zero attached hydrogens (tertiary/aromatic N) is 1. The predicted molar refractivity (Wildman–Crippen MR) is 93.6 cm³/mol. The van der Waals surface area contributed by atoms with Gasteiger partial charge in [0.1, 0.15) is 12.4 Å². The van der Waals surface area contributed by atoms with Crippen LogP contribution in [-0.2, 0) is 25.7 Å². The Bertz CT molecular complexity index is 745. The van der Waals surface area contributed by atoms with Crippen LogP contribution in [0, 0.1) is 22.0 Å². The van der Waals surface area contributed by atoms with Crippen LogP contribution in [0.3, 0.4) is 0 Å². The summed E-state index contributed by atoms with van der Waals surface area (Å²) in [6, 6.07) is 3.62. The number of ketones is 2. The number of esters is 1. The average Bonchev–Trinajstić information content (AvgIpc) is 2.88. The third kappa shape index (κ3) is 4.55. The van der Waals surface area contributed by atoms with Gasteiger partial charge >= 0.3 is 5.97 Å². The molecule has 0 radical (unpaired) electrons. The number of nitro benzene ring substituents is 1. The van der Waals surface area contributed by atoms with E-state index in [1.807, 2.05) is 0 Å². The quantitative estimate of drug-likeness (QED) is 0.307. The smallest absolute Gasteiger partial charge is 0.331 e. The number of Topliss-reactive ketones (excluding diaryl/α,β-unsaturated/α-hetero) is 2. The first-order valence-corrected chi connectivity index (χ1v) is 8.51. The van der Waals surface area contributed by atoms with Gasteiger partial charge in [-0.1, -0.05) is 6.92 Å². The molecule has 0 amide bonds. The number of non-ortho nitro benzene ring substituents is 1. The molecule has 0 aliphatic carbocycles. The minimum atomic E-state index is -1.22. The number of nitro groups is 1. The molecule has 1 heterocycles. The van der Waals surface area contributed by atoms with Crippen LogP contribution in [0.1, 0.15) is 26.3 Å². The maximum Gasteiger partial charge on any atom is 0.331 e. The van der Waals surface area contributed by atoms with Crippen molar-refractivity contribution < 1.29 is 29.2 Å². The number of aliphatic hydroxyl groups excluding tert-OH is 1. The van der Waals surface area contributed by atoms with E-state index in [1.54, 1.807) is 6.92 Å². The van der Waals surface area contributed by atoms with Gasteiger partial charge in [0.15, 0.2) is 11.8 Å². The topological polar surface area (TPSA) is 136 Å². The summed E-state index contributed by atoms with van der Waals surface area (Å²) in [6.07, 6.45) is -0.967. The van der Waals surface area contributed by atoms with Crippen molar-refractivity contribution >= 4 is 23.2 Å².